The fraction of sp³-hybridized carbons (Fsp3) is 0.353. The Bertz CT molecular complexity index is 812. The van der Waals surface area contributed by atoms with E-state index in [1.165, 1.54) is 18.3 Å². The van der Waals surface area contributed by atoms with Gasteiger partial charge in [0.1, 0.15) is 5.52 Å². The zero-order chi connectivity index (χ0) is 19.3. The number of amides is 2. The van der Waals surface area contributed by atoms with Crippen LogP contribution in [0.5, 0.6) is 5.75 Å². The van der Waals surface area contributed by atoms with E-state index in [0.717, 1.165) is 0 Å². The van der Waals surface area contributed by atoms with E-state index >= 15 is 0 Å². The van der Waals surface area contributed by atoms with Crippen molar-refractivity contribution in [2.75, 3.05) is 5.32 Å². The lowest BCUT2D eigenvalue weighted by Crippen LogP contribution is -2.45. The molecule has 0 unspecified atom stereocenters. The van der Waals surface area contributed by atoms with Gasteiger partial charge in [0, 0.05) is 23.5 Å². The van der Waals surface area contributed by atoms with Gasteiger partial charge in [0.15, 0.2) is 5.75 Å². The van der Waals surface area contributed by atoms with Crippen LogP contribution in [0.2, 0.25) is 0 Å². The van der Waals surface area contributed by atoms with Crippen LogP contribution in [0.1, 0.15) is 26.7 Å². The second kappa shape index (κ2) is 7.94. The van der Waals surface area contributed by atoms with E-state index in [-0.39, 0.29) is 24.1 Å². The standard InChI is InChI=1S/C17H19F2N3O4/c1-17(2,8-7-13(23)24)22-16(25)21-11-5-6-12(26-15(18)19)14-10(11)4-3-9-20-14/h3-6,9,15H,7-8H2,1-2H3,(H,23,24)(H2,21,22,25). The summed E-state index contributed by atoms with van der Waals surface area (Å²) in [6.07, 6.45) is 1.60. The van der Waals surface area contributed by atoms with E-state index in [1.54, 1.807) is 26.0 Å². The summed E-state index contributed by atoms with van der Waals surface area (Å²) in [7, 11) is 0. The minimum absolute atomic E-state index is 0.0835. The molecule has 3 N–H and O–H groups in total. The SMILES string of the molecule is CC(C)(CCC(=O)O)NC(=O)Nc1ccc(OC(F)F)c2ncccc12. The molecule has 7 nitrogen and oxygen atoms in total. The predicted octanol–water partition coefficient (Wildman–Crippen LogP) is 3.60. The topological polar surface area (TPSA) is 101 Å². The fourth-order valence-electron chi connectivity index (χ4n) is 2.39. The number of carbonyl (C=O) groups is 2. The number of hydrogen-bond acceptors (Lipinski definition) is 4. The van der Waals surface area contributed by atoms with Crippen molar-refractivity contribution in [2.24, 2.45) is 0 Å². The van der Waals surface area contributed by atoms with E-state index in [4.69, 9.17) is 5.11 Å². The normalized spacial score (nSPS) is 11.4. The molecule has 0 spiro atoms. The van der Waals surface area contributed by atoms with Crippen molar-refractivity contribution in [3.63, 3.8) is 0 Å². The first-order valence-electron chi connectivity index (χ1n) is 7.81. The molecule has 0 bridgehead atoms. The van der Waals surface area contributed by atoms with Crippen LogP contribution in [0, 0.1) is 0 Å². The van der Waals surface area contributed by atoms with Crippen LogP contribution in [0.3, 0.4) is 0 Å². The molecule has 0 fully saturated rings. The highest BCUT2D eigenvalue weighted by Gasteiger charge is 2.22. The number of nitrogens with one attached hydrogen (secondary N) is 2. The quantitative estimate of drug-likeness (QED) is 0.694. The first-order chi connectivity index (χ1) is 12.2. The molecule has 1 aromatic heterocycles. The maximum Gasteiger partial charge on any atom is 0.387 e. The van der Waals surface area contributed by atoms with Gasteiger partial charge in [-0.15, -0.1) is 0 Å². The first-order valence-corrected chi connectivity index (χ1v) is 7.81. The van der Waals surface area contributed by atoms with Gasteiger partial charge in [-0.2, -0.15) is 8.78 Å². The summed E-state index contributed by atoms with van der Waals surface area (Å²) in [5, 5.41) is 14.5. The number of nitrogens with zero attached hydrogens (tertiary/aromatic N) is 1. The molecule has 140 valence electrons. The number of ether oxygens (including phenoxy) is 1. The number of halogens is 2. The molecule has 2 aromatic rings. The largest absolute Gasteiger partial charge is 0.481 e. The Balaban J connectivity index is 2.18. The van der Waals surface area contributed by atoms with Crippen LogP contribution in [-0.2, 0) is 4.79 Å². The van der Waals surface area contributed by atoms with Crippen LogP contribution < -0.4 is 15.4 Å². The zero-order valence-electron chi connectivity index (χ0n) is 14.3. The molecule has 0 radical (unpaired) electrons. The Morgan fingerprint density at radius 2 is 2.04 bits per heavy atom. The number of anilines is 1. The highest BCUT2D eigenvalue weighted by Crippen LogP contribution is 2.31. The molecule has 0 saturated heterocycles. The third kappa shape index (κ3) is 5.27. The van der Waals surface area contributed by atoms with Gasteiger partial charge in [-0.25, -0.2) is 4.79 Å². The molecular formula is C17H19F2N3O4. The molecular weight excluding hydrogens is 348 g/mol. The van der Waals surface area contributed by atoms with Gasteiger partial charge < -0.3 is 20.5 Å². The lowest BCUT2D eigenvalue weighted by molar-refractivity contribution is -0.137. The number of carboxylic acids is 1. The van der Waals surface area contributed by atoms with Crippen molar-refractivity contribution in [3.05, 3.63) is 30.5 Å². The molecule has 26 heavy (non-hydrogen) atoms. The number of urea groups is 1. The van der Waals surface area contributed by atoms with E-state index in [0.29, 0.717) is 11.1 Å². The third-order valence-electron chi connectivity index (χ3n) is 3.61. The summed E-state index contributed by atoms with van der Waals surface area (Å²) < 4.78 is 29.4. The summed E-state index contributed by atoms with van der Waals surface area (Å²) in [6.45, 7) is 0.418. The van der Waals surface area contributed by atoms with Crippen molar-refractivity contribution in [1.82, 2.24) is 10.3 Å². The Hall–Kier alpha value is -2.97. The number of alkyl halides is 2. The third-order valence-corrected chi connectivity index (χ3v) is 3.61. The van der Waals surface area contributed by atoms with Crippen LogP contribution in [0.15, 0.2) is 30.5 Å². The summed E-state index contributed by atoms with van der Waals surface area (Å²) in [6, 6.07) is 5.41. The maximum atomic E-state index is 12.5. The number of hydrogen-bond donors (Lipinski definition) is 3. The zero-order valence-corrected chi connectivity index (χ0v) is 14.3. The van der Waals surface area contributed by atoms with Crippen LogP contribution in [0.25, 0.3) is 10.9 Å². The highest BCUT2D eigenvalue weighted by atomic mass is 19.3. The fourth-order valence-corrected chi connectivity index (χ4v) is 2.39. The average Bonchev–Trinajstić information content (AvgIpc) is 2.54. The van der Waals surface area contributed by atoms with Gasteiger partial charge in [0.2, 0.25) is 0 Å². The van der Waals surface area contributed by atoms with E-state index < -0.39 is 24.2 Å². The smallest absolute Gasteiger partial charge is 0.387 e. The second-order valence-corrected chi connectivity index (χ2v) is 6.25. The summed E-state index contributed by atoms with van der Waals surface area (Å²) in [5.41, 5.74) is -0.188. The maximum absolute atomic E-state index is 12.5. The highest BCUT2D eigenvalue weighted by molar-refractivity contribution is 6.02. The number of fused-ring (bicyclic) bond motifs is 1. The number of carbonyl (C=O) groups excluding carboxylic acids is 1. The minimum atomic E-state index is -2.99. The number of carboxylic acid groups (broad SMARTS) is 1. The molecule has 2 amide bonds. The monoisotopic (exact) mass is 367 g/mol. The van der Waals surface area contributed by atoms with Crippen molar-refractivity contribution < 1.29 is 28.2 Å². The van der Waals surface area contributed by atoms with Gasteiger partial charge in [-0.1, -0.05) is 0 Å². The molecule has 1 heterocycles. The van der Waals surface area contributed by atoms with Gasteiger partial charge in [0.25, 0.3) is 0 Å². The molecule has 2 rings (SSSR count). The van der Waals surface area contributed by atoms with Crippen molar-refractivity contribution >= 4 is 28.6 Å². The van der Waals surface area contributed by atoms with Gasteiger partial charge >= 0.3 is 18.6 Å². The van der Waals surface area contributed by atoms with Gasteiger partial charge in [-0.3, -0.25) is 9.78 Å². The van der Waals surface area contributed by atoms with Gasteiger partial charge in [-0.05, 0) is 44.5 Å². The number of aliphatic carboxylic acids is 1. The molecule has 0 aliphatic heterocycles. The first kappa shape index (κ1) is 19.4. The summed E-state index contributed by atoms with van der Waals surface area (Å²) in [5.74, 6) is -1.05. The predicted molar refractivity (Wildman–Crippen MR) is 91.5 cm³/mol. The molecule has 9 heteroatoms. The molecule has 0 aliphatic carbocycles. The van der Waals surface area contributed by atoms with Crippen LogP contribution in [-0.4, -0.2) is 34.2 Å². The van der Waals surface area contributed by atoms with Crippen molar-refractivity contribution in [2.45, 2.75) is 38.8 Å². The number of benzene rings is 1. The Kier molecular flexibility index (Phi) is 5.91. The Morgan fingerprint density at radius 1 is 1.31 bits per heavy atom. The number of rotatable bonds is 7. The molecule has 0 atom stereocenters. The minimum Gasteiger partial charge on any atom is -0.481 e. The number of pyridine rings is 1. The lowest BCUT2D eigenvalue weighted by Gasteiger charge is -2.26. The Labute approximate surface area is 148 Å². The molecule has 0 saturated carbocycles. The van der Waals surface area contributed by atoms with E-state index in [1.807, 2.05) is 0 Å². The van der Waals surface area contributed by atoms with Gasteiger partial charge in [0.05, 0.1) is 5.69 Å². The lowest BCUT2D eigenvalue weighted by atomic mass is 9.99. The second-order valence-electron chi connectivity index (χ2n) is 6.25. The van der Waals surface area contributed by atoms with E-state index in [2.05, 4.69) is 20.4 Å². The van der Waals surface area contributed by atoms with Crippen molar-refractivity contribution in [1.29, 1.82) is 0 Å². The number of aromatic nitrogens is 1. The average molecular weight is 367 g/mol. The van der Waals surface area contributed by atoms with Crippen LogP contribution in [0.4, 0.5) is 19.3 Å². The molecule has 1 aromatic carbocycles. The van der Waals surface area contributed by atoms with E-state index in [9.17, 15) is 18.4 Å². The molecule has 0 aliphatic rings. The Morgan fingerprint density at radius 3 is 2.69 bits per heavy atom. The summed E-state index contributed by atoms with van der Waals surface area (Å²) in [4.78, 5) is 26.9. The van der Waals surface area contributed by atoms with Crippen LogP contribution >= 0.6 is 0 Å². The van der Waals surface area contributed by atoms with Crippen molar-refractivity contribution in [3.8, 4) is 5.75 Å². The summed E-state index contributed by atoms with van der Waals surface area (Å²) >= 11 is 0.